The molecule has 0 fully saturated rings. The van der Waals surface area contributed by atoms with Crippen LogP contribution >= 0.6 is 0 Å². The summed E-state index contributed by atoms with van der Waals surface area (Å²) in [4.78, 5) is 13.1. The maximum atomic E-state index is 13.1. The van der Waals surface area contributed by atoms with E-state index in [1.165, 1.54) is 37.3 Å². The minimum absolute atomic E-state index is 0.0125. The standard InChI is InChI=1S/C26H29N3O7S2/c1-17-5-6-18(2)23(15-17)28-38(33,34)22-10-7-20(8-11-22)27-26(30)19(3)29(37(4,31)32)21-9-12-24-25(16-21)36-14-13-35-24/h5-12,15-16,19,28H,13-14H2,1-4H3,(H,27,30)/t19-/m1/s1. The molecular weight excluding hydrogens is 530 g/mol. The maximum absolute atomic E-state index is 13.1. The lowest BCUT2D eigenvalue weighted by atomic mass is 10.1. The van der Waals surface area contributed by atoms with E-state index in [0.29, 0.717) is 36.1 Å². The Morgan fingerprint density at radius 2 is 1.55 bits per heavy atom. The third-order valence-electron chi connectivity index (χ3n) is 5.94. The van der Waals surface area contributed by atoms with Crippen molar-refractivity contribution in [2.75, 3.05) is 33.8 Å². The predicted octanol–water partition coefficient (Wildman–Crippen LogP) is 3.67. The summed E-state index contributed by atoms with van der Waals surface area (Å²) in [5.74, 6) is 0.281. The summed E-state index contributed by atoms with van der Waals surface area (Å²) in [5.41, 5.74) is 2.74. The molecule has 0 radical (unpaired) electrons. The zero-order chi connectivity index (χ0) is 27.7. The fraction of sp³-hybridized carbons (Fsp3) is 0.269. The Bertz CT molecular complexity index is 1570. The van der Waals surface area contributed by atoms with E-state index >= 15 is 0 Å². The van der Waals surface area contributed by atoms with Gasteiger partial charge in [-0.25, -0.2) is 16.8 Å². The molecule has 4 rings (SSSR count). The normalized spacial score (nSPS) is 13.9. The lowest BCUT2D eigenvalue weighted by Gasteiger charge is -2.29. The van der Waals surface area contributed by atoms with Crippen LogP contribution in [-0.2, 0) is 24.8 Å². The number of benzene rings is 3. The number of carbonyl (C=O) groups is 1. The SMILES string of the molecule is Cc1ccc(C)c(NS(=O)(=O)c2ccc(NC(=O)[C@@H](C)N(c3ccc4c(c3)OCCO4)S(C)(=O)=O)cc2)c1. The number of amides is 1. The monoisotopic (exact) mass is 559 g/mol. The van der Waals surface area contributed by atoms with Gasteiger partial charge in [-0.2, -0.15) is 0 Å². The number of aryl methyl sites for hydroxylation is 2. The summed E-state index contributed by atoms with van der Waals surface area (Å²) >= 11 is 0. The first kappa shape index (κ1) is 27.3. The average Bonchev–Trinajstić information content (AvgIpc) is 2.85. The maximum Gasteiger partial charge on any atom is 0.261 e. The number of fused-ring (bicyclic) bond motifs is 1. The zero-order valence-corrected chi connectivity index (χ0v) is 23.0. The van der Waals surface area contributed by atoms with Gasteiger partial charge in [-0.15, -0.1) is 0 Å². The third kappa shape index (κ3) is 6.03. The molecule has 0 aliphatic carbocycles. The van der Waals surface area contributed by atoms with E-state index in [2.05, 4.69) is 10.0 Å². The molecule has 1 heterocycles. The lowest BCUT2D eigenvalue weighted by Crippen LogP contribution is -2.45. The van der Waals surface area contributed by atoms with Crippen LogP contribution in [-0.4, -0.2) is 48.3 Å². The predicted molar refractivity (Wildman–Crippen MR) is 146 cm³/mol. The lowest BCUT2D eigenvalue weighted by molar-refractivity contribution is -0.116. The number of sulfonamides is 2. The van der Waals surface area contributed by atoms with E-state index in [1.54, 1.807) is 18.2 Å². The van der Waals surface area contributed by atoms with Crippen molar-refractivity contribution in [3.63, 3.8) is 0 Å². The Hall–Kier alpha value is -3.77. The molecule has 0 aromatic heterocycles. The van der Waals surface area contributed by atoms with Gasteiger partial charge in [-0.05, 0) is 74.4 Å². The topological polar surface area (TPSA) is 131 Å². The highest BCUT2D eigenvalue weighted by Crippen LogP contribution is 2.35. The first-order valence-electron chi connectivity index (χ1n) is 11.8. The Labute approximate surface area is 222 Å². The first-order chi connectivity index (χ1) is 17.8. The molecule has 10 nitrogen and oxygen atoms in total. The molecule has 3 aromatic carbocycles. The number of carbonyl (C=O) groups excluding carboxylic acids is 1. The molecule has 0 spiro atoms. The van der Waals surface area contributed by atoms with E-state index < -0.39 is 32.0 Å². The molecule has 0 unspecified atom stereocenters. The average molecular weight is 560 g/mol. The largest absolute Gasteiger partial charge is 0.486 e. The second kappa shape index (κ2) is 10.5. The van der Waals surface area contributed by atoms with Crippen molar-refractivity contribution >= 4 is 43.0 Å². The highest BCUT2D eigenvalue weighted by Gasteiger charge is 2.30. The smallest absolute Gasteiger partial charge is 0.261 e. The summed E-state index contributed by atoms with van der Waals surface area (Å²) in [6.07, 6.45) is 1.01. The number of anilines is 3. The van der Waals surface area contributed by atoms with Crippen molar-refractivity contribution in [2.45, 2.75) is 31.7 Å². The zero-order valence-electron chi connectivity index (χ0n) is 21.4. The van der Waals surface area contributed by atoms with Gasteiger partial charge in [0.15, 0.2) is 11.5 Å². The molecule has 1 atom stereocenters. The third-order valence-corrected chi connectivity index (χ3v) is 8.56. The molecule has 0 saturated carbocycles. The van der Waals surface area contributed by atoms with Crippen molar-refractivity contribution in [3.05, 3.63) is 71.8 Å². The van der Waals surface area contributed by atoms with Gasteiger partial charge in [0.2, 0.25) is 15.9 Å². The van der Waals surface area contributed by atoms with Crippen LogP contribution in [0.1, 0.15) is 18.1 Å². The quantitative estimate of drug-likeness (QED) is 0.431. The van der Waals surface area contributed by atoms with E-state index in [0.717, 1.165) is 21.7 Å². The number of hydrogen-bond donors (Lipinski definition) is 2. The first-order valence-corrected chi connectivity index (χ1v) is 15.1. The number of nitrogens with one attached hydrogen (secondary N) is 2. The Kier molecular flexibility index (Phi) is 7.56. The second-order valence-corrected chi connectivity index (χ2v) is 12.5. The van der Waals surface area contributed by atoms with Gasteiger partial charge in [0.1, 0.15) is 19.3 Å². The van der Waals surface area contributed by atoms with Crippen molar-refractivity contribution in [1.82, 2.24) is 0 Å². The summed E-state index contributed by atoms with van der Waals surface area (Å²) in [6.45, 7) is 5.86. The van der Waals surface area contributed by atoms with Crippen molar-refractivity contribution in [3.8, 4) is 11.5 Å². The van der Waals surface area contributed by atoms with E-state index in [-0.39, 0.29) is 10.6 Å². The van der Waals surface area contributed by atoms with Crippen molar-refractivity contribution < 1.29 is 31.1 Å². The highest BCUT2D eigenvalue weighted by atomic mass is 32.2. The van der Waals surface area contributed by atoms with E-state index in [4.69, 9.17) is 9.47 Å². The van der Waals surface area contributed by atoms with Gasteiger partial charge in [-0.3, -0.25) is 13.8 Å². The van der Waals surface area contributed by atoms with Crippen molar-refractivity contribution in [1.29, 1.82) is 0 Å². The van der Waals surface area contributed by atoms with Crippen LogP contribution in [0.15, 0.2) is 65.6 Å². The molecule has 0 bridgehead atoms. The summed E-state index contributed by atoms with van der Waals surface area (Å²) in [7, 11) is -7.72. The molecule has 38 heavy (non-hydrogen) atoms. The molecule has 1 aliphatic rings. The summed E-state index contributed by atoms with van der Waals surface area (Å²) < 4.78 is 65.7. The number of ether oxygens (including phenoxy) is 2. The van der Waals surface area contributed by atoms with E-state index in [9.17, 15) is 21.6 Å². The van der Waals surface area contributed by atoms with Crippen LogP contribution in [0.4, 0.5) is 17.1 Å². The van der Waals surface area contributed by atoms with Crippen LogP contribution in [0.2, 0.25) is 0 Å². The molecular formula is C26H29N3O7S2. The van der Waals surface area contributed by atoms with Gasteiger partial charge < -0.3 is 14.8 Å². The molecule has 12 heteroatoms. The molecule has 1 amide bonds. The van der Waals surface area contributed by atoms with Gasteiger partial charge in [0.05, 0.1) is 22.5 Å². The van der Waals surface area contributed by atoms with Gasteiger partial charge in [0, 0.05) is 11.8 Å². The summed E-state index contributed by atoms with van der Waals surface area (Å²) in [5, 5.41) is 2.66. The van der Waals surface area contributed by atoms with Crippen LogP contribution in [0.3, 0.4) is 0 Å². The number of hydrogen-bond acceptors (Lipinski definition) is 7. The van der Waals surface area contributed by atoms with Gasteiger partial charge in [0.25, 0.3) is 10.0 Å². The number of nitrogens with zero attached hydrogens (tertiary/aromatic N) is 1. The molecule has 2 N–H and O–H groups in total. The summed E-state index contributed by atoms with van der Waals surface area (Å²) in [6, 6.07) is 14.6. The van der Waals surface area contributed by atoms with E-state index in [1.807, 2.05) is 26.0 Å². The van der Waals surface area contributed by atoms with Crippen molar-refractivity contribution in [2.24, 2.45) is 0 Å². The molecule has 202 valence electrons. The van der Waals surface area contributed by atoms with Crippen LogP contribution in [0.25, 0.3) is 0 Å². The van der Waals surface area contributed by atoms with Gasteiger partial charge >= 0.3 is 0 Å². The number of rotatable bonds is 8. The highest BCUT2D eigenvalue weighted by molar-refractivity contribution is 7.92. The fourth-order valence-corrected chi connectivity index (χ4v) is 6.28. The molecule has 3 aromatic rings. The Balaban J connectivity index is 1.51. The second-order valence-electron chi connectivity index (χ2n) is 9.00. The van der Waals surface area contributed by atoms with Crippen LogP contribution in [0.5, 0.6) is 11.5 Å². The Morgan fingerprint density at radius 3 is 2.21 bits per heavy atom. The van der Waals surface area contributed by atoms with Gasteiger partial charge in [-0.1, -0.05) is 12.1 Å². The molecule has 0 saturated heterocycles. The van der Waals surface area contributed by atoms with Crippen LogP contribution in [0, 0.1) is 13.8 Å². The minimum Gasteiger partial charge on any atom is -0.486 e. The minimum atomic E-state index is -3.86. The van der Waals surface area contributed by atoms with Crippen LogP contribution < -0.4 is 23.8 Å². The molecule has 1 aliphatic heterocycles. The Morgan fingerprint density at radius 1 is 0.895 bits per heavy atom. The fourth-order valence-electron chi connectivity index (χ4n) is 3.99.